The smallest absolute Gasteiger partial charge is 0.264 e. The van der Waals surface area contributed by atoms with Crippen LogP contribution in [0.5, 0.6) is 5.75 Å². The van der Waals surface area contributed by atoms with E-state index in [-0.39, 0.29) is 23.7 Å². The molecule has 1 aromatic heterocycles. The number of hydrogen-bond acceptors (Lipinski definition) is 8. The highest BCUT2D eigenvalue weighted by atomic mass is 32.2. The minimum atomic E-state index is -0.118. The zero-order chi connectivity index (χ0) is 22.2. The fourth-order valence-corrected chi connectivity index (χ4v) is 3.39. The number of thioether (sulfide) groups is 1. The number of hydrogen-bond donors (Lipinski definition) is 3. The number of methoxy groups -OCH3 is 1. The van der Waals surface area contributed by atoms with Crippen molar-refractivity contribution >= 4 is 29.3 Å². The van der Waals surface area contributed by atoms with Gasteiger partial charge in [0.2, 0.25) is 11.1 Å². The maximum Gasteiger partial charge on any atom is 0.264 e. The van der Waals surface area contributed by atoms with E-state index in [4.69, 9.17) is 10.6 Å². The van der Waals surface area contributed by atoms with Gasteiger partial charge in [-0.2, -0.15) is 5.10 Å². The number of hydrazone groups is 1. The van der Waals surface area contributed by atoms with Crippen LogP contribution in [0, 0.1) is 0 Å². The monoisotopic (exact) mass is 439 g/mol. The molecule has 1 amide bonds. The molecule has 162 valence electrons. The van der Waals surface area contributed by atoms with Crippen LogP contribution in [0.1, 0.15) is 31.0 Å². The van der Waals surface area contributed by atoms with E-state index in [1.54, 1.807) is 7.11 Å². The molecule has 0 saturated heterocycles. The lowest BCUT2D eigenvalue weighted by Gasteiger charge is -2.13. The molecule has 0 saturated carbocycles. The van der Waals surface area contributed by atoms with E-state index in [0.717, 1.165) is 22.6 Å². The number of ether oxygens (including phenoxy) is 1. The van der Waals surface area contributed by atoms with Gasteiger partial charge in [-0.25, -0.2) is 10.1 Å². The summed E-state index contributed by atoms with van der Waals surface area (Å²) in [4.78, 5) is 12.3. The van der Waals surface area contributed by atoms with Gasteiger partial charge in [0.25, 0.3) is 5.95 Å². The number of anilines is 1. The van der Waals surface area contributed by atoms with Gasteiger partial charge in [0, 0.05) is 0 Å². The van der Waals surface area contributed by atoms with Crippen molar-refractivity contribution in [2.24, 2.45) is 5.10 Å². The second kappa shape index (κ2) is 10.5. The zero-order valence-corrected chi connectivity index (χ0v) is 18.4. The molecule has 2 aromatic carbocycles. The molecule has 0 bridgehead atoms. The molecule has 1 atom stereocenters. The van der Waals surface area contributed by atoms with Crippen LogP contribution >= 0.6 is 11.8 Å². The summed E-state index contributed by atoms with van der Waals surface area (Å²) < 4.78 is 6.42. The minimum Gasteiger partial charge on any atom is -0.497 e. The van der Waals surface area contributed by atoms with Crippen LogP contribution < -0.4 is 21.3 Å². The number of nitrogens with one attached hydrogen (secondary N) is 2. The first-order valence-electron chi connectivity index (χ1n) is 9.60. The van der Waals surface area contributed by atoms with Gasteiger partial charge in [-0.15, -0.1) is 10.2 Å². The molecular weight excluding hydrogens is 414 g/mol. The van der Waals surface area contributed by atoms with Crippen LogP contribution in [0.4, 0.5) is 5.95 Å². The van der Waals surface area contributed by atoms with Gasteiger partial charge in [-0.3, -0.25) is 4.79 Å². The van der Waals surface area contributed by atoms with Gasteiger partial charge >= 0.3 is 0 Å². The first kappa shape index (κ1) is 22.2. The first-order chi connectivity index (χ1) is 15.0. The Hall–Kier alpha value is -3.53. The van der Waals surface area contributed by atoms with Crippen molar-refractivity contribution in [3.8, 4) is 5.75 Å². The third kappa shape index (κ3) is 5.98. The Morgan fingerprint density at radius 2 is 1.90 bits per heavy atom. The minimum absolute atomic E-state index is 0.0856. The summed E-state index contributed by atoms with van der Waals surface area (Å²) in [5.41, 5.74) is 5.52. The van der Waals surface area contributed by atoms with Crippen molar-refractivity contribution in [2.45, 2.75) is 25.0 Å². The predicted octanol–water partition coefficient (Wildman–Crippen LogP) is 2.81. The van der Waals surface area contributed by atoms with E-state index in [1.165, 1.54) is 16.4 Å². The molecule has 3 rings (SSSR count). The number of nitrogens with two attached hydrogens (primary N) is 1. The van der Waals surface area contributed by atoms with E-state index >= 15 is 0 Å². The number of rotatable bonds is 9. The average Bonchev–Trinajstić information content (AvgIpc) is 3.16. The molecule has 0 radical (unpaired) electrons. The lowest BCUT2D eigenvalue weighted by molar-refractivity contribution is -0.119. The zero-order valence-electron chi connectivity index (χ0n) is 17.6. The van der Waals surface area contributed by atoms with Crippen LogP contribution in [-0.4, -0.2) is 39.4 Å². The summed E-state index contributed by atoms with van der Waals surface area (Å²) in [7, 11) is 1.62. The van der Waals surface area contributed by atoms with Crippen LogP contribution in [0.15, 0.2) is 64.9 Å². The SMILES string of the molecule is COc1ccc(/C(C)=N/Nc2nnc(SCC(=O)NC(C)c3ccccc3)n2N)cc1. The van der Waals surface area contributed by atoms with Gasteiger partial charge in [0.05, 0.1) is 24.6 Å². The highest BCUT2D eigenvalue weighted by molar-refractivity contribution is 7.99. The van der Waals surface area contributed by atoms with Crippen molar-refractivity contribution in [1.82, 2.24) is 20.2 Å². The standard InChI is InChI=1S/C21H25N7O2S/c1-14(16-7-5-4-6-8-16)23-19(29)13-31-21-27-26-20(28(21)22)25-24-15(2)17-9-11-18(30-3)12-10-17/h4-12,14H,13,22H2,1-3H3,(H,23,29)(H,25,26)/b24-15+. The van der Waals surface area contributed by atoms with E-state index < -0.39 is 0 Å². The molecule has 0 fully saturated rings. The molecule has 1 heterocycles. The molecule has 0 aliphatic heterocycles. The molecule has 0 aliphatic rings. The fraction of sp³-hybridized carbons (Fsp3) is 0.238. The maximum absolute atomic E-state index is 12.3. The van der Waals surface area contributed by atoms with E-state index in [1.807, 2.05) is 68.4 Å². The third-order valence-electron chi connectivity index (χ3n) is 4.51. The fourth-order valence-electron chi connectivity index (χ4n) is 2.72. The second-order valence-corrected chi connectivity index (χ2v) is 7.64. The summed E-state index contributed by atoms with van der Waals surface area (Å²) >= 11 is 1.20. The summed E-state index contributed by atoms with van der Waals surface area (Å²) in [5.74, 6) is 7.13. The second-order valence-electron chi connectivity index (χ2n) is 6.70. The number of amides is 1. The number of aromatic nitrogens is 3. The van der Waals surface area contributed by atoms with Crippen molar-refractivity contribution in [2.75, 3.05) is 24.1 Å². The molecular formula is C21H25N7O2S. The Morgan fingerprint density at radius 1 is 1.19 bits per heavy atom. The largest absolute Gasteiger partial charge is 0.497 e. The van der Waals surface area contributed by atoms with Crippen LogP contribution in [-0.2, 0) is 4.79 Å². The molecule has 1 unspecified atom stereocenters. The van der Waals surface area contributed by atoms with Gasteiger partial charge in [0.1, 0.15) is 5.75 Å². The Kier molecular flexibility index (Phi) is 7.50. The van der Waals surface area contributed by atoms with Gasteiger partial charge in [0.15, 0.2) is 0 Å². The highest BCUT2D eigenvalue weighted by Gasteiger charge is 2.14. The first-order valence-corrected chi connectivity index (χ1v) is 10.6. The molecule has 9 nitrogen and oxygen atoms in total. The van der Waals surface area contributed by atoms with Crippen molar-refractivity contribution < 1.29 is 9.53 Å². The quantitative estimate of drug-likeness (QED) is 0.203. The molecule has 4 N–H and O–H groups in total. The van der Waals surface area contributed by atoms with Gasteiger partial charge in [-0.1, -0.05) is 42.1 Å². The number of carbonyl (C=O) groups is 1. The molecule has 0 spiro atoms. The lowest BCUT2D eigenvalue weighted by Crippen LogP contribution is -2.28. The molecule has 31 heavy (non-hydrogen) atoms. The molecule has 3 aromatic rings. The highest BCUT2D eigenvalue weighted by Crippen LogP contribution is 2.18. The van der Waals surface area contributed by atoms with Gasteiger partial charge in [-0.05, 0) is 49.2 Å². The maximum atomic E-state index is 12.3. The molecule has 0 aliphatic carbocycles. The number of nitrogen functional groups attached to an aromatic ring is 1. The lowest BCUT2D eigenvalue weighted by atomic mass is 10.1. The van der Waals surface area contributed by atoms with E-state index in [0.29, 0.717) is 5.16 Å². The Balaban J connectivity index is 1.54. The topological polar surface area (TPSA) is 119 Å². The Morgan fingerprint density at radius 3 is 2.58 bits per heavy atom. The van der Waals surface area contributed by atoms with Crippen molar-refractivity contribution in [3.05, 3.63) is 65.7 Å². The van der Waals surface area contributed by atoms with E-state index in [9.17, 15) is 4.79 Å². The van der Waals surface area contributed by atoms with Crippen LogP contribution in [0.2, 0.25) is 0 Å². The van der Waals surface area contributed by atoms with E-state index in [2.05, 4.69) is 26.0 Å². The summed E-state index contributed by atoms with van der Waals surface area (Å²) in [6.45, 7) is 3.80. The number of carbonyl (C=O) groups excluding carboxylic acids is 1. The Labute approximate surface area is 185 Å². The van der Waals surface area contributed by atoms with Crippen molar-refractivity contribution in [3.63, 3.8) is 0 Å². The third-order valence-corrected chi connectivity index (χ3v) is 5.45. The summed E-state index contributed by atoms with van der Waals surface area (Å²) in [5, 5.41) is 15.7. The summed E-state index contributed by atoms with van der Waals surface area (Å²) in [6, 6.07) is 17.2. The predicted molar refractivity (Wildman–Crippen MR) is 123 cm³/mol. The summed E-state index contributed by atoms with van der Waals surface area (Å²) in [6.07, 6.45) is 0. The average molecular weight is 440 g/mol. The van der Waals surface area contributed by atoms with Crippen LogP contribution in [0.3, 0.4) is 0 Å². The van der Waals surface area contributed by atoms with Crippen LogP contribution in [0.25, 0.3) is 0 Å². The Bertz CT molecular complexity index is 1040. The molecule has 10 heteroatoms. The number of benzene rings is 2. The van der Waals surface area contributed by atoms with Gasteiger partial charge < -0.3 is 15.9 Å². The normalized spacial score (nSPS) is 12.3. The van der Waals surface area contributed by atoms with Crippen molar-refractivity contribution in [1.29, 1.82) is 0 Å². The number of nitrogens with zero attached hydrogens (tertiary/aromatic N) is 4.